The molecule has 0 aromatic heterocycles. The lowest BCUT2D eigenvalue weighted by atomic mass is 10.3. The Bertz CT molecular complexity index is 149. The number of nitrogens with two attached hydrogens (primary N) is 1. The number of likely N-dealkylation sites (N-methyl/N-ethyl adjacent to an activating group) is 1. The molecule has 3 N–H and O–H groups in total. The van der Waals surface area contributed by atoms with Crippen LogP contribution in [0.15, 0.2) is 0 Å². The highest BCUT2D eigenvalue weighted by Gasteiger charge is 2.20. The van der Waals surface area contributed by atoms with Crippen LogP contribution in [0.2, 0.25) is 0 Å². The number of hydrogen-bond donors (Lipinski definition) is 2. The summed E-state index contributed by atoms with van der Waals surface area (Å²) in [4.78, 5) is 13.0. The van der Waals surface area contributed by atoms with E-state index in [4.69, 9.17) is 5.73 Å². The van der Waals surface area contributed by atoms with Gasteiger partial charge in [-0.3, -0.25) is 9.69 Å². The van der Waals surface area contributed by atoms with Crippen molar-refractivity contribution in [3.05, 3.63) is 0 Å². The number of hydrogen-bond acceptors (Lipinski definition) is 3. The number of carbonyl (C=O) groups is 1. The van der Waals surface area contributed by atoms with Gasteiger partial charge in [-0.2, -0.15) is 0 Å². The second-order valence-corrected chi connectivity index (χ2v) is 2.96. The van der Waals surface area contributed by atoms with Crippen molar-refractivity contribution in [1.82, 2.24) is 10.2 Å². The first-order valence-electron chi connectivity index (χ1n) is 3.91. The van der Waals surface area contributed by atoms with Crippen molar-refractivity contribution in [2.24, 2.45) is 5.73 Å². The van der Waals surface area contributed by atoms with E-state index < -0.39 is 0 Å². The van der Waals surface area contributed by atoms with Gasteiger partial charge in [-0.15, -0.1) is 0 Å². The predicted molar refractivity (Wildman–Crippen MR) is 43.1 cm³/mol. The smallest absolute Gasteiger partial charge is 0.233 e. The first-order chi connectivity index (χ1) is 5.22. The number of likely N-dealkylation sites (tertiary alicyclic amines) is 1. The molecule has 1 amide bonds. The van der Waals surface area contributed by atoms with Crippen molar-refractivity contribution < 1.29 is 4.79 Å². The fourth-order valence-corrected chi connectivity index (χ4v) is 1.29. The average molecular weight is 157 g/mol. The second-order valence-electron chi connectivity index (χ2n) is 2.96. The Labute approximate surface area is 66.7 Å². The van der Waals surface area contributed by atoms with Crippen LogP contribution >= 0.6 is 0 Å². The molecule has 0 saturated carbocycles. The van der Waals surface area contributed by atoms with Crippen LogP contribution in [0.1, 0.15) is 6.42 Å². The van der Waals surface area contributed by atoms with Crippen molar-refractivity contribution >= 4 is 5.91 Å². The van der Waals surface area contributed by atoms with Crippen molar-refractivity contribution in [2.75, 3.05) is 26.7 Å². The minimum Gasteiger partial charge on any atom is -0.358 e. The first-order valence-corrected chi connectivity index (χ1v) is 3.91. The zero-order valence-electron chi connectivity index (χ0n) is 6.84. The van der Waals surface area contributed by atoms with Gasteiger partial charge < -0.3 is 11.1 Å². The summed E-state index contributed by atoms with van der Waals surface area (Å²) in [7, 11) is 1.65. The molecule has 0 aliphatic carbocycles. The molecule has 1 atom stereocenters. The number of carbonyl (C=O) groups excluding carboxylic acids is 1. The number of amides is 1. The van der Waals surface area contributed by atoms with E-state index in [2.05, 4.69) is 10.2 Å². The summed E-state index contributed by atoms with van der Waals surface area (Å²) in [6.45, 7) is 2.30. The van der Waals surface area contributed by atoms with Gasteiger partial charge in [-0.1, -0.05) is 0 Å². The zero-order chi connectivity index (χ0) is 8.27. The van der Waals surface area contributed by atoms with Gasteiger partial charge >= 0.3 is 0 Å². The molecule has 0 radical (unpaired) electrons. The van der Waals surface area contributed by atoms with Crippen LogP contribution in [0.25, 0.3) is 0 Å². The van der Waals surface area contributed by atoms with Crippen molar-refractivity contribution in [1.29, 1.82) is 0 Å². The first kappa shape index (κ1) is 8.49. The molecule has 1 fully saturated rings. The fourth-order valence-electron chi connectivity index (χ4n) is 1.29. The Hall–Kier alpha value is -0.610. The Kier molecular flexibility index (Phi) is 2.84. The van der Waals surface area contributed by atoms with Gasteiger partial charge in [0.25, 0.3) is 0 Å². The standard InChI is InChI=1S/C7H15N3O/c1-9-7(11)5-10-3-2-6(8)4-10/h6H,2-5,8H2,1H3,(H,9,11). The van der Waals surface area contributed by atoms with Crippen LogP contribution in [0.4, 0.5) is 0 Å². The summed E-state index contributed by atoms with van der Waals surface area (Å²) in [5.74, 6) is 0.0686. The molecule has 1 aliphatic rings. The third kappa shape index (κ3) is 2.48. The van der Waals surface area contributed by atoms with E-state index >= 15 is 0 Å². The number of rotatable bonds is 2. The minimum atomic E-state index is 0.0686. The highest BCUT2D eigenvalue weighted by atomic mass is 16.1. The highest BCUT2D eigenvalue weighted by Crippen LogP contribution is 2.05. The molecular weight excluding hydrogens is 142 g/mol. The maximum absolute atomic E-state index is 10.9. The van der Waals surface area contributed by atoms with Gasteiger partial charge in [0.1, 0.15) is 0 Å². The number of nitrogens with one attached hydrogen (secondary N) is 1. The summed E-state index contributed by atoms with van der Waals surface area (Å²) in [5.41, 5.74) is 5.67. The van der Waals surface area contributed by atoms with E-state index in [9.17, 15) is 4.79 Å². The highest BCUT2D eigenvalue weighted by molar-refractivity contribution is 5.77. The van der Waals surface area contributed by atoms with Gasteiger partial charge in [-0.25, -0.2) is 0 Å². The molecule has 1 unspecified atom stereocenters. The Morgan fingerprint density at radius 2 is 2.55 bits per heavy atom. The van der Waals surface area contributed by atoms with Crippen LogP contribution in [0.3, 0.4) is 0 Å². The molecule has 0 aromatic carbocycles. The summed E-state index contributed by atoms with van der Waals surface area (Å²) in [6, 6.07) is 0.264. The largest absolute Gasteiger partial charge is 0.358 e. The summed E-state index contributed by atoms with van der Waals surface area (Å²) >= 11 is 0. The molecule has 4 nitrogen and oxygen atoms in total. The van der Waals surface area contributed by atoms with Crippen molar-refractivity contribution in [3.63, 3.8) is 0 Å². The van der Waals surface area contributed by atoms with Gasteiger partial charge in [0.2, 0.25) is 5.91 Å². The number of nitrogens with zero attached hydrogens (tertiary/aromatic N) is 1. The molecule has 1 aliphatic heterocycles. The fraction of sp³-hybridized carbons (Fsp3) is 0.857. The molecule has 0 spiro atoms. The molecule has 1 saturated heterocycles. The molecule has 64 valence electrons. The van der Waals surface area contributed by atoms with Crippen LogP contribution < -0.4 is 11.1 Å². The lowest BCUT2D eigenvalue weighted by molar-refractivity contribution is -0.121. The lowest BCUT2D eigenvalue weighted by Gasteiger charge is -2.12. The van der Waals surface area contributed by atoms with E-state index in [1.807, 2.05) is 0 Å². The molecule has 11 heavy (non-hydrogen) atoms. The van der Waals surface area contributed by atoms with Crippen LogP contribution in [0.5, 0.6) is 0 Å². The molecular formula is C7H15N3O. The molecule has 1 heterocycles. The zero-order valence-corrected chi connectivity index (χ0v) is 6.84. The average Bonchev–Trinajstić information content (AvgIpc) is 2.35. The van der Waals surface area contributed by atoms with Gasteiger partial charge in [0, 0.05) is 26.2 Å². The third-order valence-corrected chi connectivity index (χ3v) is 1.95. The Balaban J connectivity index is 2.23. The van der Waals surface area contributed by atoms with Gasteiger partial charge in [0.05, 0.1) is 6.54 Å². The van der Waals surface area contributed by atoms with E-state index in [-0.39, 0.29) is 11.9 Å². The molecule has 1 rings (SSSR count). The summed E-state index contributed by atoms with van der Waals surface area (Å²) < 4.78 is 0. The quantitative estimate of drug-likeness (QED) is 0.527. The van der Waals surface area contributed by atoms with Crippen LogP contribution in [-0.4, -0.2) is 43.5 Å². The van der Waals surface area contributed by atoms with Crippen LogP contribution in [0, 0.1) is 0 Å². The van der Waals surface area contributed by atoms with Gasteiger partial charge in [0.15, 0.2) is 0 Å². The Morgan fingerprint density at radius 3 is 3.00 bits per heavy atom. The maximum Gasteiger partial charge on any atom is 0.233 e. The molecule has 0 aromatic rings. The molecule has 0 bridgehead atoms. The van der Waals surface area contributed by atoms with Crippen molar-refractivity contribution in [2.45, 2.75) is 12.5 Å². The second kappa shape index (κ2) is 3.69. The topological polar surface area (TPSA) is 58.4 Å². The monoisotopic (exact) mass is 157 g/mol. The summed E-state index contributed by atoms with van der Waals surface area (Å²) in [6.07, 6.45) is 1.01. The van der Waals surface area contributed by atoms with Crippen molar-refractivity contribution in [3.8, 4) is 0 Å². The van der Waals surface area contributed by atoms with E-state index in [0.717, 1.165) is 19.5 Å². The van der Waals surface area contributed by atoms with E-state index in [1.54, 1.807) is 7.05 Å². The van der Waals surface area contributed by atoms with E-state index in [0.29, 0.717) is 6.54 Å². The lowest BCUT2D eigenvalue weighted by Crippen LogP contribution is -2.35. The minimum absolute atomic E-state index is 0.0686. The van der Waals surface area contributed by atoms with Crippen LogP contribution in [-0.2, 0) is 4.79 Å². The van der Waals surface area contributed by atoms with E-state index in [1.165, 1.54) is 0 Å². The summed E-state index contributed by atoms with van der Waals surface area (Å²) in [5, 5.41) is 2.59. The third-order valence-electron chi connectivity index (χ3n) is 1.95. The van der Waals surface area contributed by atoms with Gasteiger partial charge in [-0.05, 0) is 6.42 Å². The Morgan fingerprint density at radius 1 is 1.82 bits per heavy atom. The SMILES string of the molecule is CNC(=O)CN1CCC(N)C1. The maximum atomic E-state index is 10.9. The predicted octanol–water partition coefficient (Wildman–Crippen LogP) is -1.23. The molecule has 4 heteroatoms. The normalized spacial score (nSPS) is 25.5.